The third-order valence-electron chi connectivity index (χ3n) is 1.78. The van der Waals surface area contributed by atoms with Crippen LogP contribution in [0.4, 0.5) is 0 Å². The molecule has 0 heterocycles. The minimum Gasteiger partial charge on any atom is -0.508 e. The van der Waals surface area contributed by atoms with Gasteiger partial charge in [-0.2, -0.15) is 0 Å². The first-order valence-corrected chi connectivity index (χ1v) is 4.11. The van der Waals surface area contributed by atoms with E-state index >= 15 is 0 Å². The van der Waals surface area contributed by atoms with Crippen LogP contribution in [-0.4, -0.2) is 30.6 Å². The number of hydrogen-bond donors (Lipinski definition) is 1. The average Bonchev–Trinajstić information content (AvgIpc) is 2.03. The van der Waals surface area contributed by atoms with Gasteiger partial charge in [-0.15, -0.1) is 17.0 Å². The highest BCUT2D eigenvalue weighted by atomic mass is 79.9. The first-order chi connectivity index (χ1) is 5.68. The van der Waals surface area contributed by atoms with Gasteiger partial charge in [-0.05, 0) is 38.2 Å². The van der Waals surface area contributed by atoms with Gasteiger partial charge in [-0.3, -0.25) is 0 Å². The van der Waals surface area contributed by atoms with Crippen LogP contribution in [0.3, 0.4) is 0 Å². The molecule has 1 aromatic carbocycles. The lowest BCUT2D eigenvalue weighted by Crippen LogP contribution is -2.14. The molecular formula is C10H16BrNO. The summed E-state index contributed by atoms with van der Waals surface area (Å²) >= 11 is 0. The van der Waals surface area contributed by atoms with Gasteiger partial charge in [0, 0.05) is 6.54 Å². The normalized spacial score (nSPS) is 9.77. The molecule has 0 amide bonds. The molecule has 0 spiro atoms. The van der Waals surface area contributed by atoms with Crippen molar-refractivity contribution >= 4 is 17.0 Å². The van der Waals surface area contributed by atoms with Crippen LogP contribution >= 0.6 is 17.0 Å². The van der Waals surface area contributed by atoms with Crippen LogP contribution in [0.1, 0.15) is 5.56 Å². The van der Waals surface area contributed by atoms with Crippen molar-refractivity contribution < 1.29 is 5.11 Å². The Morgan fingerprint density at radius 1 is 1.15 bits per heavy atom. The van der Waals surface area contributed by atoms with Gasteiger partial charge in [0.15, 0.2) is 0 Å². The maximum Gasteiger partial charge on any atom is 0.115 e. The molecule has 0 aromatic heterocycles. The maximum absolute atomic E-state index is 9.02. The second kappa shape index (κ2) is 6.00. The largest absolute Gasteiger partial charge is 0.508 e. The van der Waals surface area contributed by atoms with E-state index < -0.39 is 0 Å². The molecule has 0 fully saturated rings. The molecule has 0 bridgehead atoms. The van der Waals surface area contributed by atoms with E-state index in [2.05, 4.69) is 19.0 Å². The predicted molar refractivity (Wildman–Crippen MR) is 60.7 cm³/mol. The molecule has 0 radical (unpaired) electrons. The fourth-order valence-corrected chi connectivity index (χ4v) is 1.02. The molecule has 0 aliphatic carbocycles. The summed E-state index contributed by atoms with van der Waals surface area (Å²) in [5.41, 5.74) is 1.27. The van der Waals surface area contributed by atoms with E-state index in [1.54, 1.807) is 12.1 Å². The molecule has 0 saturated heterocycles. The van der Waals surface area contributed by atoms with Gasteiger partial charge in [0.2, 0.25) is 0 Å². The number of phenolic OH excluding ortho intramolecular Hbond substituents is 1. The predicted octanol–water partition coefficient (Wildman–Crippen LogP) is 2.07. The fourth-order valence-electron chi connectivity index (χ4n) is 1.02. The number of benzene rings is 1. The monoisotopic (exact) mass is 245 g/mol. The Balaban J connectivity index is 0.00000144. The molecular weight excluding hydrogens is 230 g/mol. The number of rotatable bonds is 3. The first-order valence-electron chi connectivity index (χ1n) is 4.11. The summed E-state index contributed by atoms with van der Waals surface area (Å²) in [5, 5.41) is 9.02. The van der Waals surface area contributed by atoms with Crippen LogP contribution < -0.4 is 0 Å². The Bertz CT molecular complexity index is 233. The summed E-state index contributed by atoms with van der Waals surface area (Å²) < 4.78 is 0. The average molecular weight is 246 g/mol. The number of hydrogen-bond acceptors (Lipinski definition) is 2. The Morgan fingerprint density at radius 3 is 2.15 bits per heavy atom. The SMILES string of the molecule is Br.CN(C)CCc1ccc(O)cc1. The van der Waals surface area contributed by atoms with Crippen molar-refractivity contribution in [3.05, 3.63) is 29.8 Å². The van der Waals surface area contributed by atoms with Crippen molar-refractivity contribution in [1.29, 1.82) is 0 Å². The van der Waals surface area contributed by atoms with Crippen LogP contribution in [0, 0.1) is 0 Å². The number of aromatic hydroxyl groups is 1. The summed E-state index contributed by atoms with van der Waals surface area (Å²) in [6, 6.07) is 7.37. The van der Waals surface area contributed by atoms with Crippen LogP contribution in [0.15, 0.2) is 24.3 Å². The molecule has 74 valence electrons. The summed E-state index contributed by atoms with van der Waals surface area (Å²) in [5.74, 6) is 0.337. The lowest BCUT2D eigenvalue weighted by atomic mass is 10.1. The smallest absolute Gasteiger partial charge is 0.115 e. The van der Waals surface area contributed by atoms with E-state index in [9.17, 15) is 0 Å². The molecule has 1 rings (SSSR count). The van der Waals surface area contributed by atoms with Crippen molar-refractivity contribution in [1.82, 2.24) is 4.90 Å². The first kappa shape index (κ1) is 12.5. The fraction of sp³-hybridized carbons (Fsp3) is 0.400. The number of phenols is 1. The van der Waals surface area contributed by atoms with Crippen LogP contribution in [0.2, 0.25) is 0 Å². The zero-order valence-corrected chi connectivity index (χ0v) is 9.74. The second-order valence-corrected chi connectivity index (χ2v) is 3.22. The molecule has 0 aliphatic rings. The van der Waals surface area contributed by atoms with Gasteiger partial charge in [0.05, 0.1) is 0 Å². The lowest BCUT2D eigenvalue weighted by molar-refractivity contribution is 0.413. The van der Waals surface area contributed by atoms with Crippen LogP contribution in [-0.2, 0) is 6.42 Å². The summed E-state index contributed by atoms with van der Waals surface area (Å²) in [4.78, 5) is 2.15. The van der Waals surface area contributed by atoms with E-state index in [0.717, 1.165) is 13.0 Å². The topological polar surface area (TPSA) is 23.5 Å². The van der Waals surface area contributed by atoms with Crippen LogP contribution in [0.5, 0.6) is 5.75 Å². The van der Waals surface area contributed by atoms with Crippen molar-refractivity contribution in [2.24, 2.45) is 0 Å². The molecule has 0 saturated carbocycles. The zero-order valence-electron chi connectivity index (χ0n) is 8.03. The van der Waals surface area contributed by atoms with E-state index in [-0.39, 0.29) is 17.0 Å². The van der Waals surface area contributed by atoms with E-state index in [0.29, 0.717) is 5.75 Å². The van der Waals surface area contributed by atoms with E-state index in [1.165, 1.54) is 5.56 Å². The minimum absolute atomic E-state index is 0. The summed E-state index contributed by atoms with van der Waals surface area (Å²) in [7, 11) is 4.11. The molecule has 3 heteroatoms. The Hall–Kier alpha value is -0.540. The van der Waals surface area contributed by atoms with Gasteiger partial charge in [0.25, 0.3) is 0 Å². The lowest BCUT2D eigenvalue weighted by Gasteiger charge is -2.08. The molecule has 0 atom stereocenters. The molecule has 0 unspecified atom stereocenters. The molecule has 0 aliphatic heterocycles. The summed E-state index contributed by atoms with van der Waals surface area (Å²) in [6.07, 6.45) is 1.04. The summed E-state index contributed by atoms with van der Waals surface area (Å²) in [6.45, 7) is 1.05. The van der Waals surface area contributed by atoms with E-state index in [1.807, 2.05) is 12.1 Å². The van der Waals surface area contributed by atoms with Crippen molar-refractivity contribution in [3.63, 3.8) is 0 Å². The van der Waals surface area contributed by atoms with Gasteiger partial charge in [-0.25, -0.2) is 0 Å². The van der Waals surface area contributed by atoms with Crippen molar-refractivity contribution in [3.8, 4) is 5.75 Å². The third-order valence-corrected chi connectivity index (χ3v) is 1.78. The van der Waals surface area contributed by atoms with Gasteiger partial charge >= 0.3 is 0 Å². The molecule has 1 aromatic rings. The Morgan fingerprint density at radius 2 is 1.69 bits per heavy atom. The third kappa shape index (κ3) is 4.90. The number of likely N-dealkylation sites (N-methyl/N-ethyl adjacent to an activating group) is 1. The molecule has 1 N–H and O–H groups in total. The van der Waals surface area contributed by atoms with Gasteiger partial charge in [-0.1, -0.05) is 12.1 Å². The van der Waals surface area contributed by atoms with Crippen LogP contribution in [0.25, 0.3) is 0 Å². The highest BCUT2D eigenvalue weighted by Gasteiger charge is 1.94. The maximum atomic E-state index is 9.02. The quantitative estimate of drug-likeness (QED) is 0.882. The Labute approximate surface area is 90.0 Å². The standard InChI is InChI=1S/C10H15NO.BrH/c1-11(2)8-7-9-3-5-10(12)6-4-9;/h3-6,12H,7-8H2,1-2H3;1H. The van der Waals surface area contributed by atoms with Gasteiger partial charge < -0.3 is 10.0 Å². The molecule has 2 nitrogen and oxygen atoms in total. The number of halogens is 1. The van der Waals surface area contributed by atoms with E-state index in [4.69, 9.17) is 5.11 Å². The van der Waals surface area contributed by atoms with Gasteiger partial charge in [0.1, 0.15) is 5.75 Å². The highest BCUT2D eigenvalue weighted by Crippen LogP contribution is 2.09. The minimum atomic E-state index is 0. The zero-order chi connectivity index (χ0) is 8.97. The molecule has 13 heavy (non-hydrogen) atoms. The van der Waals surface area contributed by atoms with Crippen molar-refractivity contribution in [2.75, 3.05) is 20.6 Å². The van der Waals surface area contributed by atoms with Crippen molar-refractivity contribution in [2.45, 2.75) is 6.42 Å². The number of nitrogens with zero attached hydrogens (tertiary/aromatic N) is 1. The highest BCUT2D eigenvalue weighted by molar-refractivity contribution is 8.93. The second-order valence-electron chi connectivity index (χ2n) is 3.22. The Kier molecular flexibility index (Phi) is 5.75.